The Bertz CT molecular complexity index is 1100. The molecule has 2 aromatic carbocycles. The van der Waals surface area contributed by atoms with Crippen LogP contribution in [0.5, 0.6) is 5.75 Å². The van der Waals surface area contributed by atoms with Crippen molar-refractivity contribution in [2.24, 2.45) is 10.2 Å². The predicted molar refractivity (Wildman–Crippen MR) is 116 cm³/mol. The lowest BCUT2D eigenvalue weighted by atomic mass is 9.95. The fourth-order valence-electron chi connectivity index (χ4n) is 2.54. The van der Waals surface area contributed by atoms with Crippen LogP contribution in [0.4, 0.5) is 23.1 Å². The summed E-state index contributed by atoms with van der Waals surface area (Å²) in [7, 11) is 3.21. The normalized spacial score (nSPS) is 12.8. The number of anilines is 2. The maximum Gasteiger partial charge on any atom is 0.221 e. The van der Waals surface area contributed by atoms with Gasteiger partial charge in [-0.1, -0.05) is 24.0 Å². The van der Waals surface area contributed by atoms with Crippen LogP contribution in [0, 0.1) is 11.8 Å². The summed E-state index contributed by atoms with van der Waals surface area (Å²) in [5, 5.41) is 8.49. The molecule has 0 radical (unpaired) electrons. The third-order valence-corrected chi connectivity index (χ3v) is 4.45. The molecule has 3 aromatic rings. The van der Waals surface area contributed by atoms with Crippen molar-refractivity contribution in [2.75, 3.05) is 25.7 Å². The second kappa shape index (κ2) is 9.03. The Morgan fingerprint density at radius 3 is 2.07 bits per heavy atom. The zero-order valence-electron chi connectivity index (χ0n) is 17.0. The second-order valence-electron chi connectivity index (χ2n) is 6.46. The van der Waals surface area contributed by atoms with Gasteiger partial charge in [0.2, 0.25) is 5.95 Å². The summed E-state index contributed by atoms with van der Waals surface area (Å²) in [5.41, 5.74) is 13.3. The second-order valence-corrected chi connectivity index (χ2v) is 6.46. The van der Waals surface area contributed by atoms with Gasteiger partial charge in [-0.25, -0.2) is 4.98 Å². The van der Waals surface area contributed by atoms with E-state index in [1.807, 2.05) is 55.5 Å². The van der Waals surface area contributed by atoms with Crippen molar-refractivity contribution in [3.8, 4) is 17.6 Å². The summed E-state index contributed by atoms with van der Waals surface area (Å²) in [6.07, 6.45) is 1.49. The van der Waals surface area contributed by atoms with Gasteiger partial charge in [0.25, 0.3) is 0 Å². The molecule has 8 nitrogen and oxygen atoms in total. The van der Waals surface area contributed by atoms with E-state index in [9.17, 15) is 0 Å². The molecule has 1 aromatic heterocycles. The van der Waals surface area contributed by atoms with Crippen LogP contribution < -0.4 is 16.2 Å². The Morgan fingerprint density at radius 2 is 1.53 bits per heavy atom. The molecule has 8 heteroatoms. The molecule has 0 bridgehead atoms. The molecule has 3 rings (SSSR count). The molecule has 1 heterocycles. The van der Waals surface area contributed by atoms with Gasteiger partial charge < -0.3 is 20.9 Å². The zero-order valence-corrected chi connectivity index (χ0v) is 17.0. The zero-order chi connectivity index (χ0) is 21.6. The summed E-state index contributed by atoms with van der Waals surface area (Å²) in [4.78, 5) is 7.83. The number of aromatic nitrogens is 2. The number of methoxy groups -OCH3 is 2. The monoisotopic (exact) mass is 402 g/mol. The topological polar surface area (TPSA) is 121 Å². The number of hydrogen-bond donors (Lipinski definition) is 2. The molecular formula is C22H22N6O2. The number of ether oxygens (including phenoxy) is 2. The lowest BCUT2D eigenvalue weighted by molar-refractivity contribution is 0.0552. The molecule has 4 N–H and O–H groups in total. The minimum Gasteiger partial charge on any atom is -0.497 e. The van der Waals surface area contributed by atoms with Crippen molar-refractivity contribution < 1.29 is 9.47 Å². The molecule has 0 saturated heterocycles. The van der Waals surface area contributed by atoms with Crippen LogP contribution in [0.2, 0.25) is 0 Å². The Balaban J connectivity index is 1.79. The molecule has 0 spiro atoms. The molecule has 0 amide bonds. The van der Waals surface area contributed by atoms with Crippen LogP contribution in [-0.4, -0.2) is 24.2 Å². The van der Waals surface area contributed by atoms with Crippen molar-refractivity contribution in [2.45, 2.75) is 12.5 Å². The first kappa shape index (κ1) is 20.8. The molecule has 0 fully saturated rings. The van der Waals surface area contributed by atoms with Gasteiger partial charge in [0, 0.05) is 7.11 Å². The first-order valence-corrected chi connectivity index (χ1v) is 9.06. The van der Waals surface area contributed by atoms with Crippen LogP contribution in [0.25, 0.3) is 0 Å². The fourth-order valence-corrected chi connectivity index (χ4v) is 2.54. The van der Waals surface area contributed by atoms with E-state index in [-0.39, 0.29) is 11.8 Å². The lowest BCUT2D eigenvalue weighted by Crippen LogP contribution is -2.22. The summed E-state index contributed by atoms with van der Waals surface area (Å²) >= 11 is 0. The predicted octanol–water partition coefficient (Wildman–Crippen LogP) is 3.98. The molecule has 1 unspecified atom stereocenters. The minimum atomic E-state index is -0.862. The highest BCUT2D eigenvalue weighted by Crippen LogP contribution is 2.27. The number of benzene rings is 2. The van der Waals surface area contributed by atoms with E-state index in [0.29, 0.717) is 11.3 Å². The number of nitrogen functional groups attached to an aromatic ring is 2. The largest absolute Gasteiger partial charge is 0.497 e. The number of nitrogens with zero attached hydrogens (tertiary/aromatic N) is 4. The summed E-state index contributed by atoms with van der Waals surface area (Å²) in [6, 6.07) is 14.8. The van der Waals surface area contributed by atoms with E-state index >= 15 is 0 Å². The smallest absolute Gasteiger partial charge is 0.221 e. The van der Waals surface area contributed by atoms with Crippen molar-refractivity contribution in [3.05, 3.63) is 65.9 Å². The van der Waals surface area contributed by atoms with E-state index in [1.165, 1.54) is 6.20 Å². The first-order valence-electron chi connectivity index (χ1n) is 9.06. The fraction of sp³-hybridized carbons (Fsp3) is 0.182. The molecule has 0 aliphatic rings. The molecule has 0 aliphatic carbocycles. The summed E-state index contributed by atoms with van der Waals surface area (Å²) < 4.78 is 10.8. The average molecular weight is 402 g/mol. The van der Waals surface area contributed by atoms with E-state index < -0.39 is 5.60 Å². The van der Waals surface area contributed by atoms with Gasteiger partial charge >= 0.3 is 0 Å². The van der Waals surface area contributed by atoms with Gasteiger partial charge in [-0.2, -0.15) is 15.2 Å². The van der Waals surface area contributed by atoms with E-state index in [2.05, 4.69) is 32.0 Å². The lowest BCUT2D eigenvalue weighted by Gasteiger charge is -2.22. The van der Waals surface area contributed by atoms with Gasteiger partial charge in [-0.3, -0.25) is 0 Å². The highest BCUT2D eigenvalue weighted by molar-refractivity contribution is 5.53. The van der Waals surface area contributed by atoms with Crippen molar-refractivity contribution >= 4 is 23.1 Å². The van der Waals surface area contributed by atoms with Gasteiger partial charge in [0.15, 0.2) is 5.60 Å². The van der Waals surface area contributed by atoms with Crippen LogP contribution >= 0.6 is 0 Å². The van der Waals surface area contributed by atoms with Gasteiger partial charge in [-0.15, -0.1) is 0 Å². The Morgan fingerprint density at radius 1 is 0.933 bits per heavy atom. The van der Waals surface area contributed by atoms with Gasteiger partial charge in [0.05, 0.1) is 30.2 Å². The van der Waals surface area contributed by atoms with E-state index in [4.69, 9.17) is 20.9 Å². The Labute approximate surface area is 175 Å². The average Bonchev–Trinajstić information content (AvgIpc) is 2.77. The molecule has 30 heavy (non-hydrogen) atoms. The van der Waals surface area contributed by atoms with E-state index in [0.717, 1.165) is 17.0 Å². The standard InChI is InChI=1S/C22H22N6O2/c1-22(30-3,13-12-15-14-25-21(24)26-20(15)23)16-4-6-17(7-5-16)27-28-18-8-10-19(29-2)11-9-18/h4-11,14H,1-3H3,(H4,23,24,25,26). The van der Waals surface area contributed by atoms with Crippen LogP contribution in [-0.2, 0) is 10.3 Å². The number of nitrogens with two attached hydrogens (primary N) is 2. The third kappa shape index (κ3) is 4.90. The molecular weight excluding hydrogens is 380 g/mol. The van der Waals surface area contributed by atoms with Crippen molar-refractivity contribution in [1.29, 1.82) is 0 Å². The van der Waals surface area contributed by atoms with Gasteiger partial charge in [0.1, 0.15) is 11.6 Å². The van der Waals surface area contributed by atoms with Crippen LogP contribution in [0.1, 0.15) is 18.1 Å². The Hall–Kier alpha value is -3.96. The number of azo groups is 1. The first-order chi connectivity index (χ1) is 14.4. The maximum absolute atomic E-state index is 5.84. The molecule has 152 valence electrons. The SMILES string of the molecule is COc1ccc(N=Nc2ccc(C(C)(C#Cc3cnc(N)nc3N)OC)cc2)cc1. The Kier molecular flexibility index (Phi) is 6.25. The highest BCUT2D eigenvalue weighted by Gasteiger charge is 2.23. The third-order valence-electron chi connectivity index (χ3n) is 4.45. The van der Waals surface area contributed by atoms with E-state index in [1.54, 1.807) is 14.2 Å². The van der Waals surface area contributed by atoms with Crippen molar-refractivity contribution in [3.63, 3.8) is 0 Å². The van der Waals surface area contributed by atoms with Crippen molar-refractivity contribution in [1.82, 2.24) is 9.97 Å². The summed E-state index contributed by atoms with van der Waals surface area (Å²) in [6.45, 7) is 1.86. The molecule has 1 atom stereocenters. The minimum absolute atomic E-state index is 0.104. The van der Waals surface area contributed by atoms with Gasteiger partial charge in [-0.05, 0) is 48.9 Å². The van der Waals surface area contributed by atoms with Crippen LogP contribution in [0.3, 0.4) is 0 Å². The molecule has 0 aliphatic heterocycles. The molecule has 0 saturated carbocycles. The number of hydrogen-bond acceptors (Lipinski definition) is 8. The highest BCUT2D eigenvalue weighted by atomic mass is 16.5. The quantitative estimate of drug-likeness (QED) is 0.492. The van der Waals surface area contributed by atoms with Crippen LogP contribution in [0.15, 0.2) is 65.0 Å². The summed E-state index contributed by atoms with van der Waals surface area (Å²) in [5.74, 6) is 7.15. The number of rotatable bonds is 5. The maximum atomic E-state index is 5.84.